The minimum atomic E-state index is -0.148. The number of hydrogen-bond acceptors (Lipinski definition) is 5. The van der Waals surface area contributed by atoms with Gasteiger partial charge in [0.1, 0.15) is 5.69 Å². The molecule has 3 aromatic rings. The Morgan fingerprint density at radius 3 is 2.25 bits per heavy atom. The van der Waals surface area contributed by atoms with Gasteiger partial charge in [-0.3, -0.25) is 4.79 Å². The molecule has 0 spiro atoms. The monoisotopic (exact) mass is 375 g/mol. The molecule has 0 atom stereocenters. The first-order valence-electron chi connectivity index (χ1n) is 9.25. The number of anilines is 4. The zero-order valence-electron chi connectivity index (χ0n) is 16.7. The lowest BCUT2D eigenvalue weighted by Gasteiger charge is -2.21. The van der Waals surface area contributed by atoms with E-state index in [9.17, 15) is 4.79 Å². The maximum Gasteiger partial charge on any atom is 0.277 e. The normalized spacial score (nSPS) is 10.4. The van der Waals surface area contributed by atoms with E-state index in [-0.39, 0.29) is 5.91 Å². The third kappa shape index (κ3) is 4.46. The van der Waals surface area contributed by atoms with Gasteiger partial charge in [0.15, 0.2) is 0 Å². The minimum absolute atomic E-state index is 0.148. The summed E-state index contributed by atoms with van der Waals surface area (Å²) in [6.07, 6.45) is 0. The predicted octanol–water partition coefficient (Wildman–Crippen LogP) is 4.26. The Morgan fingerprint density at radius 1 is 0.964 bits per heavy atom. The highest BCUT2D eigenvalue weighted by Gasteiger charge is 2.18. The summed E-state index contributed by atoms with van der Waals surface area (Å²) in [6, 6.07) is 19.3. The van der Waals surface area contributed by atoms with E-state index in [1.165, 1.54) is 0 Å². The largest absolute Gasteiger partial charge is 0.378 e. The van der Waals surface area contributed by atoms with E-state index in [0.717, 1.165) is 22.8 Å². The Morgan fingerprint density at radius 2 is 1.64 bits per heavy atom. The van der Waals surface area contributed by atoms with Gasteiger partial charge in [0.05, 0.1) is 0 Å². The lowest BCUT2D eigenvalue weighted by molar-refractivity contribution is 0.0983. The van der Waals surface area contributed by atoms with Crippen molar-refractivity contribution in [3.63, 3.8) is 0 Å². The van der Waals surface area contributed by atoms with Crippen molar-refractivity contribution in [2.45, 2.75) is 13.8 Å². The van der Waals surface area contributed by atoms with E-state index in [1.807, 2.05) is 87.4 Å². The van der Waals surface area contributed by atoms with Gasteiger partial charge < -0.3 is 15.1 Å². The van der Waals surface area contributed by atoms with E-state index >= 15 is 0 Å². The van der Waals surface area contributed by atoms with Crippen LogP contribution in [0.4, 0.5) is 23.0 Å². The zero-order valence-corrected chi connectivity index (χ0v) is 16.7. The Kier molecular flexibility index (Phi) is 5.89. The van der Waals surface area contributed by atoms with Gasteiger partial charge in [-0.25, -0.2) is 9.97 Å². The van der Waals surface area contributed by atoms with E-state index in [1.54, 1.807) is 11.0 Å². The fraction of sp³-hybridized carbons (Fsp3) is 0.227. The Labute approximate surface area is 165 Å². The molecule has 1 N–H and O–H groups in total. The topological polar surface area (TPSA) is 61.4 Å². The van der Waals surface area contributed by atoms with Crippen LogP contribution >= 0.6 is 0 Å². The summed E-state index contributed by atoms with van der Waals surface area (Å²) < 4.78 is 0. The number of carbonyl (C=O) groups is 1. The van der Waals surface area contributed by atoms with Crippen LogP contribution in [0.2, 0.25) is 0 Å². The molecule has 6 nitrogen and oxygen atoms in total. The van der Waals surface area contributed by atoms with Crippen LogP contribution < -0.4 is 15.1 Å². The molecule has 3 rings (SSSR count). The van der Waals surface area contributed by atoms with Crippen LogP contribution in [0, 0.1) is 6.92 Å². The molecule has 2 aromatic carbocycles. The molecule has 0 radical (unpaired) electrons. The van der Waals surface area contributed by atoms with Gasteiger partial charge in [0, 0.05) is 43.4 Å². The number of aryl methyl sites for hydroxylation is 1. The number of aromatic nitrogens is 2. The van der Waals surface area contributed by atoms with Gasteiger partial charge >= 0.3 is 0 Å². The van der Waals surface area contributed by atoms with Crippen LogP contribution in [-0.4, -0.2) is 36.5 Å². The van der Waals surface area contributed by atoms with Crippen LogP contribution in [0.15, 0.2) is 60.7 Å². The second-order valence-electron chi connectivity index (χ2n) is 6.67. The van der Waals surface area contributed by atoms with Crippen molar-refractivity contribution in [2.24, 2.45) is 0 Å². The maximum atomic E-state index is 13.1. The standard InChI is InChI=1S/C22H25N5O/c1-5-27(19-9-7-6-8-10-19)21(28)20-15-16(2)23-22(25-20)24-17-11-13-18(14-12-17)26(3)4/h6-15H,5H2,1-4H3,(H,23,24,25). The highest BCUT2D eigenvalue weighted by molar-refractivity contribution is 6.05. The van der Waals surface area contributed by atoms with Crippen molar-refractivity contribution in [2.75, 3.05) is 35.8 Å². The second-order valence-corrected chi connectivity index (χ2v) is 6.67. The van der Waals surface area contributed by atoms with Gasteiger partial charge in [-0.2, -0.15) is 0 Å². The number of para-hydroxylation sites is 1. The second kappa shape index (κ2) is 8.52. The van der Waals surface area contributed by atoms with Crippen LogP contribution in [0.1, 0.15) is 23.1 Å². The molecule has 0 saturated heterocycles. The summed E-state index contributed by atoms with van der Waals surface area (Å²) in [7, 11) is 3.99. The van der Waals surface area contributed by atoms with Crippen molar-refractivity contribution in [3.05, 3.63) is 72.1 Å². The number of amides is 1. The average Bonchev–Trinajstić information content (AvgIpc) is 2.69. The number of carbonyl (C=O) groups excluding carboxylic acids is 1. The Bertz CT molecular complexity index is 939. The number of benzene rings is 2. The van der Waals surface area contributed by atoms with E-state index in [0.29, 0.717) is 18.2 Å². The summed E-state index contributed by atoms with van der Waals surface area (Å²) in [4.78, 5) is 25.7. The number of hydrogen-bond donors (Lipinski definition) is 1. The van der Waals surface area contributed by atoms with E-state index < -0.39 is 0 Å². The molecule has 0 saturated carbocycles. The van der Waals surface area contributed by atoms with Gasteiger partial charge in [0.2, 0.25) is 5.95 Å². The highest BCUT2D eigenvalue weighted by atomic mass is 16.2. The molecule has 0 unspecified atom stereocenters. The van der Waals surface area contributed by atoms with Crippen molar-refractivity contribution in [1.82, 2.24) is 9.97 Å². The lowest BCUT2D eigenvalue weighted by Crippen LogP contribution is -2.31. The fourth-order valence-corrected chi connectivity index (χ4v) is 2.90. The third-order valence-electron chi connectivity index (χ3n) is 4.34. The molecular formula is C22H25N5O. The van der Waals surface area contributed by atoms with Crippen molar-refractivity contribution in [1.29, 1.82) is 0 Å². The van der Waals surface area contributed by atoms with Crippen LogP contribution in [-0.2, 0) is 0 Å². The fourth-order valence-electron chi connectivity index (χ4n) is 2.90. The summed E-state index contributed by atoms with van der Waals surface area (Å²) in [5, 5.41) is 3.19. The molecular weight excluding hydrogens is 350 g/mol. The molecule has 144 valence electrons. The molecule has 6 heteroatoms. The quantitative estimate of drug-likeness (QED) is 0.697. The Hall–Kier alpha value is -3.41. The number of nitrogens with one attached hydrogen (secondary N) is 1. The lowest BCUT2D eigenvalue weighted by atomic mass is 10.2. The average molecular weight is 375 g/mol. The summed E-state index contributed by atoms with van der Waals surface area (Å²) >= 11 is 0. The summed E-state index contributed by atoms with van der Waals surface area (Å²) in [5.41, 5.74) is 3.92. The van der Waals surface area contributed by atoms with Crippen molar-refractivity contribution >= 4 is 28.9 Å². The van der Waals surface area contributed by atoms with Crippen molar-refractivity contribution in [3.8, 4) is 0 Å². The molecule has 0 aliphatic heterocycles. The zero-order chi connectivity index (χ0) is 20.1. The third-order valence-corrected chi connectivity index (χ3v) is 4.34. The first kappa shape index (κ1) is 19.4. The molecule has 0 aliphatic carbocycles. The summed E-state index contributed by atoms with van der Waals surface area (Å²) in [5.74, 6) is 0.260. The van der Waals surface area contributed by atoms with Gasteiger partial charge in [-0.1, -0.05) is 18.2 Å². The van der Waals surface area contributed by atoms with Crippen LogP contribution in [0.5, 0.6) is 0 Å². The van der Waals surface area contributed by atoms with Gasteiger partial charge in [0.25, 0.3) is 5.91 Å². The molecule has 0 fully saturated rings. The minimum Gasteiger partial charge on any atom is -0.378 e. The maximum absolute atomic E-state index is 13.1. The number of rotatable bonds is 6. The van der Waals surface area contributed by atoms with Gasteiger partial charge in [-0.05, 0) is 56.3 Å². The summed E-state index contributed by atoms with van der Waals surface area (Å²) in [6.45, 7) is 4.36. The van der Waals surface area contributed by atoms with Crippen molar-refractivity contribution < 1.29 is 4.79 Å². The van der Waals surface area contributed by atoms with E-state index in [2.05, 4.69) is 15.3 Å². The van der Waals surface area contributed by atoms with E-state index in [4.69, 9.17) is 0 Å². The first-order chi connectivity index (χ1) is 13.5. The van der Waals surface area contributed by atoms with Crippen LogP contribution in [0.25, 0.3) is 0 Å². The molecule has 0 aliphatic rings. The predicted molar refractivity (Wildman–Crippen MR) is 115 cm³/mol. The highest BCUT2D eigenvalue weighted by Crippen LogP contribution is 2.20. The smallest absolute Gasteiger partial charge is 0.277 e. The van der Waals surface area contributed by atoms with Crippen LogP contribution in [0.3, 0.4) is 0 Å². The van der Waals surface area contributed by atoms with Gasteiger partial charge in [-0.15, -0.1) is 0 Å². The SMILES string of the molecule is CCN(C(=O)c1cc(C)nc(Nc2ccc(N(C)C)cc2)n1)c1ccccc1. The molecule has 0 bridgehead atoms. The molecule has 1 heterocycles. The molecule has 28 heavy (non-hydrogen) atoms. The molecule has 1 amide bonds. The molecule has 1 aromatic heterocycles. The Balaban J connectivity index is 1.85. The first-order valence-corrected chi connectivity index (χ1v) is 9.25. The number of nitrogens with zero attached hydrogens (tertiary/aromatic N) is 4.